The van der Waals surface area contributed by atoms with Crippen LogP contribution >= 0.6 is 27.7 Å². The number of nitrogens with zero attached hydrogens (tertiary/aromatic N) is 1. The Morgan fingerprint density at radius 2 is 2.14 bits per heavy atom. The molecule has 110 valence electrons. The summed E-state index contributed by atoms with van der Waals surface area (Å²) >= 11 is 5.01. The van der Waals surface area contributed by atoms with Gasteiger partial charge < -0.3 is 10.8 Å². The van der Waals surface area contributed by atoms with Crippen LogP contribution in [-0.4, -0.2) is 21.8 Å². The van der Waals surface area contributed by atoms with Gasteiger partial charge in [0.25, 0.3) is 0 Å². The molecule has 4 nitrogen and oxygen atoms in total. The average molecular weight is 367 g/mol. The van der Waals surface area contributed by atoms with E-state index in [9.17, 15) is 4.79 Å². The lowest BCUT2D eigenvalue weighted by molar-refractivity contribution is -0.136. The minimum absolute atomic E-state index is 0.159. The van der Waals surface area contributed by atoms with Crippen molar-refractivity contribution in [3.63, 3.8) is 0 Å². The molecule has 0 aliphatic heterocycles. The van der Waals surface area contributed by atoms with E-state index in [-0.39, 0.29) is 6.42 Å². The number of thioether (sulfide) groups is 1. The van der Waals surface area contributed by atoms with Crippen molar-refractivity contribution in [3.05, 3.63) is 46.7 Å². The number of nitrogens with two attached hydrogens (primary N) is 1. The number of carboxylic acids is 1. The molecular weight excluding hydrogens is 352 g/mol. The lowest BCUT2D eigenvalue weighted by atomic mass is 10.0. The number of rotatable bonds is 6. The number of anilines is 1. The Morgan fingerprint density at radius 1 is 1.33 bits per heavy atom. The summed E-state index contributed by atoms with van der Waals surface area (Å²) < 4.78 is 0.958. The lowest BCUT2D eigenvalue weighted by Crippen LogP contribution is -1.98. The number of carboxylic acid groups (broad SMARTS) is 1. The predicted molar refractivity (Wildman–Crippen MR) is 90.2 cm³/mol. The van der Waals surface area contributed by atoms with Crippen LogP contribution < -0.4 is 5.73 Å². The summed E-state index contributed by atoms with van der Waals surface area (Å²) in [6, 6.07) is 9.58. The molecule has 0 spiro atoms. The molecule has 0 radical (unpaired) electrons. The zero-order chi connectivity index (χ0) is 15.2. The molecule has 0 saturated heterocycles. The minimum atomic E-state index is -0.778. The summed E-state index contributed by atoms with van der Waals surface area (Å²) in [5.74, 6) is 0.453. The molecule has 0 aliphatic carbocycles. The van der Waals surface area contributed by atoms with Crippen molar-refractivity contribution in [1.82, 2.24) is 4.98 Å². The van der Waals surface area contributed by atoms with Crippen LogP contribution in [0.1, 0.15) is 12.1 Å². The monoisotopic (exact) mass is 366 g/mol. The number of hydrogen-bond donors (Lipinski definition) is 2. The number of halogens is 1. The molecule has 6 heteroatoms. The van der Waals surface area contributed by atoms with Crippen molar-refractivity contribution >= 4 is 39.3 Å². The highest BCUT2D eigenvalue weighted by Gasteiger charge is 2.10. The Kier molecular flexibility index (Phi) is 5.64. The first-order valence-corrected chi connectivity index (χ1v) is 8.31. The van der Waals surface area contributed by atoms with Gasteiger partial charge in [-0.1, -0.05) is 22.0 Å². The fraction of sp³-hybridized carbons (Fsp3) is 0.200. The number of hydrogen-bond acceptors (Lipinski definition) is 4. The number of aliphatic carboxylic acids is 1. The molecular formula is C15H15BrN2O2S. The van der Waals surface area contributed by atoms with Crippen LogP contribution in [0.2, 0.25) is 0 Å². The number of carbonyl (C=O) groups is 1. The summed E-state index contributed by atoms with van der Waals surface area (Å²) in [7, 11) is 0. The summed E-state index contributed by atoms with van der Waals surface area (Å²) in [5.41, 5.74) is 9.59. The number of aromatic nitrogens is 1. The van der Waals surface area contributed by atoms with Crippen molar-refractivity contribution in [3.8, 4) is 11.1 Å². The lowest BCUT2D eigenvalue weighted by Gasteiger charge is -2.11. The Labute approximate surface area is 135 Å². The van der Waals surface area contributed by atoms with Gasteiger partial charge in [0.1, 0.15) is 0 Å². The largest absolute Gasteiger partial charge is 0.481 e. The van der Waals surface area contributed by atoms with Crippen molar-refractivity contribution in [2.24, 2.45) is 0 Å². The minimum Gasteiger partial charge on any atom is -0.481 e. The van der Waals surface area contributed by atoms with Crippen LogP contribution in [0, 0.1) is 0 Å². The Morgan fingerprint density at radius 3 is 2.90 bits per heavy atom. The highest BCUT2D eigenvalue weighted by Crippen LogP contribution is 2.32. The van der Waals surface area contributed by atoms with Gasteiger partial charge in [-0.3, -0.25) is 9.78 Å². The molecule has 1 heterocycles. The first kappa shape index (κ1) is 15.9. The third kappa shape index (κ3) is 4.47. The number of pyridine rings is 1. The Bertz CT molecular complexity index is 649. The van der Waals surface area contributed by atoms with Gasteiger partial charge in [-0.2, -0.15) is 11.8 Å². The molecule has 1 aromatic heterocycles. The van der Waals surface area contributed by atoms with E-state index >= 15 is 0 Å². The van der Waals surface area contributed by atoms with Gasteiger partial charge in [0.15, 0.2) is 0 Å². The normalized spacial score (nSPS) is 10.5. The SMILES string of the molecule is Nc1ccc(Br)cc1-c1cccnc1CSCCC(=O)O. The van der Waals surface area contributed by atoms with Crippen molar-refractivity contribution in [1.29, 1.82) is 0 Å². The molecule has 0 fully saturated rings. The molecule has 1 aromatic carbocycles. The van der Waals surface area contributed by atoms with Crippen LogP contribution in [0.25, 0.3) is 11.1 Å². The first-order valence-electron chi connectivity index (χ1n) is 6.37. The first-order chi connectivity index (χ1) is 10.1. The zero-order valence-electron chi connectivity index (χ0n) is 11.3. The quantitative estimate of drug-likeness (QED) is 0.600. The molecule has 2 aromatic rings. The van der Waals surface area contributed by atoms with E-state index in [1.54, 1.807) is 18.0 Å². The zero-order valence-corrected chi connectivity index (χ0v) is 13.7. The summed E-state index contributed by atoms with van der Waals surface area (Å²) in [6.45, 7) is 0. The highest BCUT2D eigenvalue weighted by molar-refractivity contribution is 9.10. The van der Waals surface area contributed by atoms with Crippen molar-refractivity contribution in [2.75, 3.05) is 11.5 Å². The van der Waals surface area contributed by atoms with Crippen LogP contribution in [0.3, 0.4) is 0 Å². The van der Waals surface area contributed by atoms with E-state index in [0.29, 0.717) is 17.2 Å². The molecule has 0 unspecified atom stereocenters. The Hall–Kier alpha value is -1.53. The van der Waals surface area contributed by atoms with E-state index < -0.39 is 5.97 Å². The topological polar surface area (TPSA) is 76.2 Å². The molecule has 0 aliphatic rings. The average Bonchev–Trinajstić information content (AvgIpc) is 2.46. The smallest absolute Gasteiger partial charge is 0.304 e. The van der Waals surface area contributed by atoms with E-state index in [4.69, 9.17) is 10.8 Å². The van der Waals surface area contributed by atoms with Crippen LogP contribution in [0.4, 0.5) is 5.69 Å². The molecule has 0 saturated carbocycles. The Balaban J connectivity index is 2.20. The van der Waals surface area contributed by atoms with Crippen LogP contribution in [0.5, 0.6) is 0 Å². The van der Waals surface area contributed by atoms with Crippen molar-refractivity contribution in [2.45, 2.75) is 12.2 Å². The van der Waals surface area contributed by atoms with Gasteiger partial charge in [-0.25, -0.2) is 0 Å². The fourth-order valence-corrected chi connectivity index (χ4v) is 3.14. The maximum Gasteiger partial charge on any atom is 0.304 e. The molecule has 0 atom stereocenters. The van der Waals surface area contributed by atoms with E-state index in [1.807, 2.05) is 30.3 Å². The maximum absolute atomic E-state index is 10.5. The number of nitrogen functional groups attached to an aromatic ring is 1. The number of benzene rings is 1. The standard InChI is InChI=1S/C15H15BrN2O2S/c16-10-3-4-13(17)12(8-10)11-2-1-6-18-14(11)9-21-7-5-15(19)20/h1-4,6,8H,5,7,9,17H2,(H,19,20). The summed E-state index contributed by atoms with van der Waals surface area (Å²) in [5, 5.41) is 8.66. The van der Waals surface area contributed by atoms with E-state index in [1.165, 1.54) is 0 Å². The maximum atomic E-state index is 10.5. The predicted octanol–water partition coefficient (Wildman–Crippen LogP) is 3.80. The highest BCUT2D eigenvalue weighted by atomic mass is 79.9. The summed E-state index contributed by atoms with van der Waals surface area (Å²) in [4.78, 5) is 14.9. The van der Waals surface area contributed by atoms with Gasteiger partial charge >= 0.3 is 5.97 Å². The molecule has 3 N–H and O–H groups in total. The van der Waals surface area contributed by atoms with Crippen molar-refractivity contribution < 1.29 is 9.90 Å². The third-order valence-corrected chi connectivity index (χ3v) is 4.36. The summed E-state index contributed by atoms with van der Waals surface area (Å²) in [6.07, 6.45) is 1.90. The van der Waals surface area contributed by atoms with Gasteiger partial charge in [-0.15, -0.1) is 0 Å². The van der Waals surface area contributed by atoms with Gasteiger partial charge in [0.2, 0.25) is 0 Å². The fourth-order valence-electron chi connectivity index (χ4n) is 1.89. The van der Waals surface area contributed by atoms with Gasteiger partial charge in [0, 0.05) is 39.0 Å². The second-order valence-corrected chi connectivity index (χ2v) is 6.45. The van der Waals surface area contributed by atoms with E-state index in [2.05, 4.69) is 20.9 Å². The molecule has 0 bridgehead atoms. The second kappa shape index (κ2) is 7.47. The van der Waals surface area contributed by atoms with Crippen LogP contribution in [0.15, 0.2) is 41.0 Å². The molecule has 0 amide bonds. The van der Waals surface area contributed by atoms with E-state index in [0.717, 1.165) is 21.3 Å². The van der Waals surface area contributed by atoms with Gasteiger partial charge in [-0.05, 0) is 24.3 Å². The van der Waals surface area contributed by atoms with Gasteiger partial charge in [0.05, 0.1) is 12.1 Å². The molecule has 2 rings (SSSR count). The third-order valence-electron chi connectivity index (χ3n) is 2.89. The van der Waals surface area contributed by atoms with Crippen LogP contribution in [-0.2, 0) is 10.5 Å². The molecule has 21 heavy (non-hydrogen) atoms. The second-order valence-electron chi connectivity index (χ2n) is 4.43.